The van der Waals surface area contributed by atoms with Gasteiger partial charge in [-0.1, -0.05) is 23.4 Å². The number of anilines is 1. The maximum Gasteiger partial charge on any atom is 0.280 e. The van der Waals surface area contributed by atoms with Crippen LogP contribution in [-0.4, -0.2) is 24.7 Å². The number of ether oxygens (including phenoxy) is 1. The number of carbonyl (C=O) groups excluding carboxylic acids is 1. The van der Waals surface area contributed by atoms with Crippen molar-refractivity contribution < 1.29 is 14.1 Å². The van der Waals surface area contributed by atoms with Gasteiger partial charge in [-0.15, -0.1) is 0 Å². The van der Waals surface area contributed by atoms with Crippen molar-refractivity contribution in [3.8, 4) is 17.1 Å². The molecule has 0 fully saturated rings. The van der Waals surface area contributed by atoms with Crippen LogP contribution in [0.15, 0.2) is 65.2 Å². The van der Waals surface area contributed by atoms with Gasteiger partial charge in [-0.25, -0.2) is 0 Å². The van der Waals surface area contributed by atoms with Gasteiger partial charge in [-0.05, 0) is 43.3 Å². The van der Waals surface area contributed by atoms with E-state index < -0.39 is 0 Å². The zero-order valence-electron chi connectivity index (χ0n) is 13.6. The predicted octanol–water partition coefficient (Wildman–Crippen LogP) is 4.02. The van der Waals surface area contributed by atoms with Crippen LogP contribution >= 0.6 is 0 Å². The van der Waals surface area contributed by atoms with E-state index in [1.54, 1.807) is 18.1 Å². The molecule has 0 atom stereocenters. The van der Waals surface area contributed by atoms with E-state index in [4.69, 9.17) is 9.26 Å². The lowest BCUT2D eigenvalue weighted by molar-refractivity contribution is 0.0979. The first-order valence-electron chi connectivity index (χ1n) is 7.71. The fraction of sp³-hybridized carbons (Fsp3) is 0.158. The summed E-state index contributed by atoms with van der Waals surface area (Å²) in [5.41, 5.74) is 1.95. The van der Waals surface area contributed by atoms with Crippen LogP contribution in [-0.2, 0) is 0 Å². The van der Waals surface area contributed by atoms with Crippen LogP contribution in [0.4, 0.5) is 5.69 Å². The zero-order chi connectivity index (χ0) is 16.9. The number of nitrogens with zero attached hydrogens (tertiary/aromatic N) is 2. The van der Waals surface area contributed by atoms with E-state index in [0.717, 1.165) is 17.0 Å². The van der Waals surface area contributed by atoms with Crippen molar-refractivity contribution in [2.75, 3.05) is 18.6 Å². The second kappa shape index (κ2) is 7.00. The van der Waals surface area contributed by atoms with Gasteiger partial charge >= 0.3 is 0 Å². The van der Waals surface area contributed by atoms with E-state index in [1.165, 1.54) is 0 Å². The molecule has 1 amide bonds. The SMILES string of the molecule is CCN(C(=O)c1cc(-c2ccc(OC)cc2)on1)c1ccccc1. The molecule has 0 unspecified atom stereocenters. The Morgan fingerprint density at radius 2 is 1.83 bits per heavy atom. The van der Waals surface area contributed by atoms with Gasteiger partial charge in [0.05, 0.1) is 7.11 Å². The third kappa shape index (κ3) is 3.15. The van der Waals surface area contributed by atoms with Crippen LogP contribution in [0.5, 0.6) is 5.75 Å². The third-order valence-corrected chi connectivity index (χ3v) is 3.73. The van der Waals surface area contributed by atoms with Gasteiger partial charge in [-0.3, -0.25) is 4.79 Å². The van der Waals surface area contributed by atoms with E-state index in [9.17, 15) is 4.79 Å². The average Bonchev–Trinajstić information content (AvgIpc) is 3.13. The highest BCUT2D eigenvalue weighted by Crippen LogP contribution is 2.24. The summed E-state index contributed by atoms with van der Waals surface area (Å²) in [6.45, 7) is 2.48. The van der Waals surface area contributed by atoms with Crippen molar-refractivity contribution in [3.63, 3.8) is 0 Å². The van der Waals surface area contributed by atoms with Crippen molar-refractivity contribution in [1.82, 2.24) is 5.16 Å². The number of carbonyl (C=O) groups is 1. The predicted molar refractivity (Wildman–Crippen MR) is 92.3 cm³/mol. The second-order valence-electron chi connectivity index (χ2n) is 5.19. The molecule has 5 nitrogen and oxygen atoms in total. The molecule has 0 radical (unpaired) electrons. The summed E-state index contributed by atoms with van der Waals surface area (Å²) in [7, 11) is 1.61. The lowest BCUT2D eigenvalue weighted by Gasteiger charge is -2.19. The van der Waals surface area contributed by atoms with Gasteiger partial charge in [0.1, 0.15) is 5.75 Å². The summed E-state index contributed by atoms with van der Waals surface area (Å²) in [6, 6.07) is 18.6. The molecular formula is C19H18N2O3. The number of methoxy groups -OCH3 is 1. The summed E-state index contributed by atoms with van der Waals surface area (Å²) in [5.74, 6) is 1.12. The minimum atomic E-state index is -0.188. The van der Waals surface area contributed by atoms with Crippen molar-refractivity contribution in [3.05, 3.63) is 66.4 Å². The van der Waals surface area contributed by atoms with Crippen LogP contribution in [0.2, 0.25) is 0 Å². The Morgan fingerprint density at radius 3 is 2.46 bits per heavy atom. The molecule has 0 bridgehead atoms. The normalized spacial score (nSPS) is 10.4. The van der Waals surface area contributed by atoms with Crippen molar-refractivity contribution in [2.45, 2.75) is 6.92 Å². The van der Waals surface area contributed by atoms with Crippen molar-refractivity contribution in [2.24, 2.45) is 0 Å². The summed E-state index contributed by atoms with van der Waals surface area (Å²) < 4.78 is 10.5. The van der Waals surface area contributed by atoms with Gasteiger partial charge in [0, 0.05) is 23.9 Å². The van der Waals surface area contributed by atoms with E-state index in [0.29, 0.717) is 12.3 Å². The Hall–Kier alpha value is -3.08. The lowest BCUT2D eigenvalue weighted by Crippen LogP contribution is -2.30. The Balaban J connectivity index is 1.84. The molecule has 0 N–H and O–H groups in total. The monoisotopic (exact) mass is 322 g/mol. The Kier molecular flexibility index (Phi) is 4.61. The zero-order valence-corrected chi connectivity index (χ0v) is 13.6. The van der Waals surface area contributed by atoms with Crippen LogP contribution in [0.3, 0.4) is 0 Å². The highest BCUT2D eigenvalue weighted by atomic mass is 16.5. The van der Waals surface area contributed by atoms with Crippen molar-refractivity contribution in [1.29, 1.82) is 0 Å². The van der Waals surface area contributed by atoms with Gasteiger partial charge in [-0.2, -0.15) is 0 Å². The molecule has 5 heteroatoms. The molecule has 3 aromatic rings. The maximum absolute atomic E-state index is 12.7. The van der Waals surface area contributed by atoms with E-state index in [-0.39, 0.29) is 11.6 Å². The van der Waals surface area contributed by atoms with Crippen molar-refractivity contribution >= 4 is 11.6 Å². The fourth-order valence-electron chi connectivity index (χ4n) is 2.46. The highest BCUT2D eigenvalue weighted by molar-refractivity contribution is 6.05. The van der Waals surface area contributed by atoms with Gasteiger partial charge in [0.15, 0.2) is 11.5 Å². The topological polar surface area (TPSA) is 55.6 Å². The largest absolute Gasteiger partial charge is 0.497 e. The summed E-state index contributed by atoms with van der Waals surface area (Å²) >= 11 is 0. The summed E-state index contributed by atoms with van der Waals surface area (Å²) in [4.78, 5) is 14.4. The molecule has 122 valence electrons. The highest BCUT2D eigenvalue weighted by Gasteiger charge is 2.20. The molecule has 0 saturated carbocycles. The van der Waals surface area contributed by atoms with Gasteiger partial charge in [0.2, 0.25) is 0 Å². The number of hydrogen-bond acceptors (Lipinski definition) is 4. The van der Waals surface area contributed by atoms with E-state index in [1.807, 2.05) is 61.5 Å². The number of rotatable bonds is 5. The Labute approximate surface area is 140 Å². The van der Waals surface area contributed by atoms with Crippen LogP contribution < -0.4 is 9.64 Å². The maximum atomic E-state index is 12.7. The van der Waals surface area contributed by atoms with Gasteiger partial charge < -0.3 is 14.2 Å². The quantitative estimate of drug-likeness (QED) is 0.712. The molecule has 0 saturated heterocycles. The molecule has 2 aromatic carbocycles. The molecule has 0 aliphatic heterocycles. The van der Waals surface area contributed by atoms with Crippen LogP contribution in [0.25, 0.3) is 11.3 Å². The Morgan fingerprint density at radius 1 is 1.12 bits per heavy atom. The molecule has 3 rings (SSSR count). The number of hydrogen-bond donors (Lipinski definition) is 0. The molecular weight excluding hydrogens is 304 g/mol. The van der Waals surface area contributed by atoms with Gasteiger partial charge in [0.25, 0.3) is 5.91 Å². The minimum absolute atomic E-state index is 0.188. The number of benzene rings is 2. The first-order chi connectivity index (χ1) is 11.7. The third-order valence-electron chi connectivity index (χ3n) is 3.73. The average molecular weight is 322 g/mol. The molecule has 1 aromatic heterocycles. The molecule has 0 spiro atoms. The molecule has 0 aliphatic carbocycles. The van der Waals surface area contributed by atoms with Crippen LogP contribution in [0, 0.1) is 0 Å². The first-order valence-corrected chi connectivity index (χ1v) is 7.71. The molecule has 24 heavy (non-hydrogen) atoms. The van der Waals surface area contributed by atoms with Crippen LogP contribution in [0.1, 0.15) is 17.4 Å². The fourth-order valence-corrected chi connectivity index (χ4v) is 2.46. The molecule has 1 heterocycles. The second-order valence-corrected chi connectivity index (χ2v) is 5.19. The smallest absolute Gasteiger partial charge is 0.280 e. The number of aromatic nitrogens is 1. The number of amides is 1. The lowest BCUT2D eigenvalue weighted by atomic mass is 10.1. The van der Waals surface area contributed by atoms with E-state index >= 15 is 0 Å². The summed E-state index contributed by atoms with van der Waals surface area (Å²) in [6.07, 6.45) is 0. The standard InChI is InChI=1S/C19H18N2O3/c1-3-21(15-7-5-4-6-8-15)19(22)17-13-18(24-20-17)14-9-11-16(23-2)12-10-14/h4-13H,3H2,1-2H3. The minimum Gasteiger partial charge on any atom is -0.497 e. The molecule has 0 aliphatic rings. The Bertz CT molecular complexity index is 810. The first kappa shape index (κ1) is 15.8. The van der Waals surface area contributed by atoms with E-state index in [2.05, 4.69) is 5.16 Å². The number of para-hydroxylation sites is 1. The summed E-state index contributed by atoms with van der Waals surface area (Å²) in [5, 5.41) is 3.93.